The number of urea groups is 1. The summed E-state index contributed by atoms with van der Waals surface area (Å²) in [5, 5.41) is 6.97. The van der Waals surface area contributed by atoms with E-state index < -0.39 is 0 Å². The zero-order valence-corrected chi connectivity index (χ0v) is 15.7. The van der Waals surface area contributed by atoms with Gasteiger partial charge in [-0.3, -0.25) is 4.79 Å². The van der Waals surface area contributed by atoms with Crippen LogP contribution in [0, 0.1) is 0 Å². The highest BCUT2D eigenvalue weighted by atomic mass is 16.3. The van der Waals surface area contributed by atoms with Gasteiger partial charge in [0, 0.05) is 36.1 Å². The average molecular weight is 380 g/mol. The standard InChI is InChI=1S/C21H24N4O3/c26-20(23-13-15-5-4-12-28-15)8-3-10-22-21(27)25-11-9-17-16-6-1-2-7-18(16)24-19(17)14-25/h1-2,4-7,12,24H,3,8-11,13-14H2,(H,22,27)(H,23,26). The van der Waals surface area contributed by atoms with E-state index in [0.29, 0.717) is 39.0 Å². The van der Waals surface area contributed by atoms with Gasteiger partial charge in [0.15, 0.2) is 0 Å². The predicted octanol–water partition coefficient (Wildman–Crippen LogP) is 2.93. The molecule has 3 amide bonds. The number of amides is 3. The number of rotatable bonds is 6. The number of fused-ring (bicyclic) bond motifs is 3. The summed E-state index contributed by atoms with van der Waals surface area (Å²) in [5.74, 6) is 0.675. The molecule has 3 N–H and O–H groups in total. The number of hydrogen-bond acceptors (Lipinski definition) is 3. The van der Waals surface area contributed by atoms with Gasteiger partial charge in [-0.2, -0.15) is 0 Å². The second-order valence-corrected chi connectivity index (χ2v) is 6.99. The highest BCUT2D eigenvalue weighted by Crippen LogP contribution is 2.27. The summed E-state index contributed by atoms with van der Waals surface area (Å²) in [6.07, 6.45) is 3.40. The summed E-state index contributed by atoms with van der Waals surface area (Å²) in [5.41, 5.74) is 3.54. The van der Waals surface area contributed by atoms with Gasteiger partial charge in [-0.1, -0.05) is 18.2 Å². The molecule has 7 nitrogen and oxygen atoms in total. The molecule has 1 aromatic carbocycles. The highest BCUT2D eigenvalue weighted by molar-refractivity contribution is 5.85. The number of aromatic amines is 1. The number of H-pyrrole nitrogens is 1. The molecule has 3 aromatic rings. The Balaban J connectivity index is 1.20. The maximum atomic E-state index is 12.4. The molecule has 0 unspecified atom stereocenters. The normalized spacial score (nSPS) is 13.4. The first kappa shape index (κ1) is 18.2. The first-order valence-electron chi connectivity index (χ1n) is 9.61. The summed E-state index contributed by atoms with van der Waals surface area (Å²) in [6, 6.07) is 11.8. The number of carbonyl (C=O) groups excluding carboxylic acids is 2. The summed E-state index contributed by atoms with van der Waals surface area (Å²) in [4.78, 5) is 29.5. The van der Waals surface area contributed by atoms with Gasteiger partial charge < -0.3 is 24.9 Å². The van der Waals surface area contributed by atoms with E-state index in [9.17, 15) is 9.59 Å². The lowest BCUT2D eigenvalue weighted by Gasteiger charge is -2.27. The largest absolute Gasteiger partial charge is 0.467 e. The van der Waals surface area contributed by atoms with Crippen LogP contribution in [0.1, 0.15) is 29.9 Å². The van der Waals surface area contributed by atoms with Crippen LogP contribution in [0.5, 0.6) is 0 Å². The van der Waals surface area contributed by atoms with Crippen molar-refractivity contribution < 1.29 is 14.0 Å². The summed E-state index contributed by atoms with van der Waals surface area (Å²) < 4.78 is 5.17. The Morgan fingerprint density at radius 3 is 2.89 bits per heavy atom. The fourth-order valence-corrected chi connectivity index (χ4v) is 3.61. The molecule has 0 spiro atoms. The highest BCUT2D eigenvalue weighted by Gasteiger charge is 2.23. The minimum absolute atomic E-state index is 0.0497. The van der Waals surface area contributed by atoms with Crippen molar-refractivity contribution in [2.45, 2.75) is 32.4 Å². The van der Waals surface area contributed by atoms with Gasteiger partial charge in [-0.05, 0) is 36.6 Å². The van der Waals surface area contributed by atoms with Gasteiger partial charge in [0.1, 0.15) is 5.76 Å². The number of benzene rings is 1. The van der Waals surface area contributed by atoms with E-state index in [1.165, 1.54) is 10.9 Å². The van der Waals surface area contributed by atoms with Crippen LogP contribution in [0.3, 0.4) is 0 Å². The first-order valence-corrected chi connectivity index (χ1v) is 9.61. The Labute approximate surface area is 163 Å². The van der Waals surface area contributed by atoms with E-state index in [1.54, 1.807) is 12.3 Å². The van der Waals surface area contributed by atoms with Crippen LogP contribution >= 0.6 is 0 Å². The van der Waals surface area contributed by atoms with E-state index in [1.807, 2.05) is 23.1 Å². The zero-order valence-electron chi connectivity index (χ0n) is 15.7. The molecular formula is C21H24N4O3. The topological polar surface area (TPSA) is 90.4 Å². The quantitative estimate of drug-likeness (QED) is 0.574. The first-order chi connectivity index (χ1) is 13.7. The molecule has 4 rings (SSSR count). The van der Waals surface area contributed by atoms with Gasteiger partial charge in [-0.15, -0.1) is 0 Å². The second-order valence-electron chi connectivity index (χ2n) is 6.99. The van der Waals surface area contributed by atoms with E-state index in [-0.39, 0.29) is 11.9 Å². The van der Waals surface area contributed by atoms with Crippen LogP contribution in [-0.4, -0.2) is 34.9 Å². The number of aromatic nitrogens is 1. The van der Waals surface area contributed by atoms with E-state index in [2.05, 4.69) is 27.8 Å². The number of para-hydroxylation sites is 1. The van der Waals surface area contributed by atoms with E-state index in [0.717, 1.165) is 23.4 Å². The summed E-state index contributed by atoms with van der Waals surface area (Å²) in [6.45, 7) is 2.14. The molecule has 0 bridgehead atoms. The van der Waals surface area contributed by atoms with Crippen molar-refractivity contribution in [3.8, 4) is 0 Å². The lowest BCUT2D eigenvalue weighted by molar-refractivity contribution is -0.121. The average Bonchev–Trinajstić information content (AvgIpc) is 3.36. The Morgan fingerprint density at radius 1 is 1.14 bits per heavy atom. The molecule has 1 aliphatic heterocycles. The van der Waals surface area contributed by atoms with Crippen LogP contribution in [0.25, 0.3) is 10.9 Å². The van der Waals surface area contributed by atoms with E-state index >= 15 is 0 Å². The molecule has 0 atom stereocenters. The summed E-state index contributed by atoms with van der Waals surface area (Å²) in [7, 11) is 0. The van der Waals surface area contributed by atoms with Gasteiger partial charge in [0.25, 0.3) is 0 Å². The minimum Gasteiger partial charge on any atom is -0.467 e. The van der Waals surface area contributed by atoms with Crippen LogP contribution in [0.2, 0.25) is 0 Å². The van der Waals surface area contributed by atoms with Crippen molar-refractivity contribution in [3.05, 3.63) is 59.7 Å². The fourth-order valence-electron chi connectivity index (χ4n) is 3.61. The molecule has 0 fully saturated rings. The third-order valence-corrected chi connectivity index (χ3v) is 5.07. The molecule has 0 saturated carbocycles. The molecular weight excluding hydrogens is 356 g/mol. The van der Waals surface area contributed by atoms with Gasteiger partial charge in [0.05, 0.1) is 19.4 Å². The van der Waals surface area contributed by atoms with Crippen molar-refractivity contribution in [1.82, 2.24) is 20.5 Å². The fraction of sp³-hybridized carbons (Fsp3) is 0.333. The monoisotopic (exact) mass is 380 g/mol. The van der Waals surface area contributed by atoms with Gasteiger partial charge in [0.2, 0.25) is 5.91 Å². The molecule has 3 heterocycles. The maximum absolute atomic E-state index is 12.4. The van der Waals surface area contributed by atoms with E-state index in [4.69, 9.17) is 4.42 Å². The Kier molecular flexibility index (Phi) is 5.32. The third kappa shape index (κ3) is 4.03. The lowest BCUT2D eigenvalue weighted by atomic mass is 10.0. The zero-order chi connectivity index (χ0) is 19.3. The van der Waals surface area contributed by atoms with Gasteiger partial charge in [-0.25, -0.2) is 4.79 Å². The molecule has 0 aliphatic carbocycles. The molecule has 146 valence electrons. The molecule has 1 aliphatic rings. The smallest absolute Gasteiger partial charge is 0.317 e. The maximum Gasteiger partial charge on any atom is 0.317 e. The Morgan fingerprint density at radius 2 is 2.04 bits per heavy atom. The number of nitrogens with zero attached hydrogens (tertiary/aromatic N) is 1. The number of nitrogens with one attached hydrogen (secondary N) is 3. The number of carbonyl (C=O) groups is 2. The van der Waals surface area contributed by atoms with Crippen LogP contribution < -0.4 is 10.6 Å². The van der Waals surface area contributed by atoms with Gasteiger partial charge >= 0.3 is 6.03 Å². The second kappa shape index (κ2) is 8.21. The van der Waals surface area contributed by atoms with Crippen LogP contribution in [-0.2, 0) is 24.3 Å². The van der Waals surface area contributed by atoms with Crippen molar-refractivity contribution in [2.24, 2.45) is 0 Å². The number of hydrogen-bond donors (Lipinski definition) is 3. The van der Waals surface area contributed by atoms with Crippen LogP contribution in [0.15, 0.2) is 47.1 Å². The lowest BCUT2D eigenvalue weighted by Crippen LogP contribution is -2.43. The molecule has 0 radical (unpaired) electrons. The van der Waals surface area contributed by atoms with Crippen molar-refractivity contribution >= 4 is 22.8 Å². The number of furan rings is 1. The predicted molar refractivity (Wildman–Crippen MR) is 106 cm³/mol. The summed E-state index contributed by atoms with van der Waals surface area (Å²) >= 11 is 0. The molecule has 7 heteroatoms. The third-order valence-electron chi connectivity index (χ3n) is 5.07. The molecule has 28 heavy (non-hydrogen) atoms. The molecule has 0 saturated heterocycles. The van der Waals surface area contributed by atoms with Crippen molar-refractivity contribution in [3.63, 3.8) is 0 Å². The Bertz CT molecular complexity index is 961. The SMILES string of the molecule is O=C(CCCNC(=O)N1CCc2c([nH]c3ccccc23)C1)NCc1ccco1. The Hall–Kier alpha value is -3.22. The minimum atomic E-state index is -0.0831. The van der Waals surface area contributed by atoms with Crippen molar-refractivity contribution in [1.29, 1.82) is 0 Å². The van der Waals surface area contributed by atoms with Crippen LogP contribution in [0.4, 0.5) is 4.79 Å². The molecule has 2 aromatic heterocycles. The van der Waals surface area contributed by atoms with Crippen molar-refractivity contribution in [2.75, 3.05) is 13.1 Å².